The van der Waals surface area contributed by atoms with Crippen molar-refractivity contribution in [2.75, 3.05) is 0 Å². The van der Waals surface area contributed by atoms with Crippen molar-refractivity contribution in [1.82, 2.24) is 0 Å². The molecule has 0 heterocycles. The smallest absolute Gasteiger partial charge is 0.136 e. The van der Waals surface area contributed by atoms with E-state index < -0.39 is 0 Å². The van der Waals surface area contributed by atoms with Crippen LogP contribution in [-0.2, 0) is 4.79 Å². The topological polar surface area (TPSA) is 17.1 Å². The number of Topliss-reactive ketones (excluding diaryl/α,β-unsaturated/α-hetero) is 1. The van der Waals surface area contributed by atoms with Crippen LogP contribution in [0.5, 0.6) is 0 Å². The fourth-order valence-electron chi connectivity index (χ4n) is 1.77. The van der Waals surface area contributed by atoms with E-state index in [-0.39, 0.29) is 0 Å². The summed E-state index contributed by atoms with van der Waals surface area (Å²) >= 11 is 0. The molecule has 0 atom stereocenters. The maximum absolute atomic E-state index is 10.9. The summed E-state index contributed by atoms with van der Waals surface area (Å²) in [6, 6.07) is 0. The van der Waals surface area contributed by atoms with E-state index in [1.807, 2.05) is 0 Å². The van der Waals surface area contributed by atoms with Gasteiger partial charge in [-0.15, -0.1) is 0 Å². The van der Waals surface area contributed by atoms with E-state index in [1.165, 1.54) is 37.7 Å². The summed E-state index contributed by atoms with van der Waals surface area (Å²) in [6.07, 6.45) is 11.2. The Kier molecular flexibility index (Phi) is 4.81. The lowest BCUT2D eigenvalue weighted by molar-refractivity contribution is -0.118. The normalized spacial score (nSPS) is 17.3. The van der Waals surface area contributed by atoms with E-state index in [9.17, 15) is 4.79 Å². The molecular formula is C12H20O. The van der Waals surface area contributed by atoms with Crippen LogP contribution in [0.3, 0.4) is 0 Å². The molecular weight excluding hydrogens is 160 g/mol. The number of unbranched alkanes of at least 4 members (excludes halogenated alkanes) is 3. The highest BCUT2D eigenvalue weighted by atomic mass is 16.1. The molecule has 0 aromatic rings. The lowest BCUT2D eigenvalue weighted by atomic mass is 9.94. The molecule has 0 spiro atoms. The molecule has 1 rings (SSSR count). The van der Waals surface area contributed by atoms with Gasteiger partial charge in [-0.3, -0.25) is 4.79 Å². The van der Waals surface area contributed by atoms with Crippen molar-refractivity contribution < 1.29 is 4.79 Å². The Labute approximate surface area is 81.2 Å². The molecule has 0 radical (unpaired) electrons. The fraction of sp³-hybridized carbons (Fsp3) is 0.750. The SMILES string of the molecule is CCCCCCC1=CCC(=O)CC1. The van der Waals surface area contributed by atoms with E-state index in [0.717, 1.165) is 12.8 Å². The van der Waals surface area contributed by atoms with Crippen LogP contribution in [0, 0.1) is 0 Å². The summed E-state index contributed by atoms with van der Waals surface area (Å²) in [5.41, 5.74) is 1.52. The highest BCUT2D eigenvalue weighted by Crippen LogP contribution is 2.20. The second kappa shape index (κ2) is 5.95. The quantitative estimate of drug-likeness (QED) is 0.466. The van der Waals surface area contributed by atoms with Gasteiger partial charge in [-0.1, -0.05) is 37.8 Å². The average molecular weight is 180 g/mol. The van der Waals surface area contributed by atoms with Gasteiger partial charge >= 0.3 is 0 Å². The van der Waals surface area contributed by atoms with Crippen LogP contribution in [0.1, 0.15) is 58.3 Å². The largest absolute Gasteiger partial charge is 0.299 e. The predicted octanol–water partition coefficient (Wildman–Crippen LogP) is 3.64. The molecule has 0 N–H and O–H groups in total. The van der Waals surface area contributed by atoms with Crippen molar-refractivity contribution in [3.8, 4) is 0 Å². The molecule has 0 saturated carbocycles. The molecule has 1 nitrogen and oxygen atoms in total. The number of ketones is 1. The Morgan fingerprint density at radius 3 is 2.69 bits per heavy atom. The third kappa shape index (κ3) is 4.25. The Morgan fingerprint density at radius 2 is 2.08 bits per heavy atom. The number of allylic oxidation sites excluding steroid dienone is 2. The zero-order valence-corrected chi connectivity index (χ0v) is 8.64. The summed E-state index contributed by atoms with van der Waals surface area (Å²) < 4.78 is 0. The van der Waals surface area contributed by atoms with E-state index in [2.05, 4.69) is 13.0 Å². The highest BCUT2D eigenvalue weighted by molar-refractivity contribution is 5.81. The molecule has 0 fully saturated rings. The van der Waals surface area contributed by atoms with Gasteiger partial charge in [-0.2, -0.15) is 0 Å². The molecule has 0 unspecified atom stereocenters. The average Bonchev–Trinajstić information content (AvgIpc) is 2.15. The lowest BCUT2D eigenvalue weighted by Gasteiger charge is -2.11. The molecule has 0 aromatic carbocycles. The minimum atomic E-state index is 0.414. The lowest BCUT2D eigenvalue weighted by Crippen LogP contribution is -2.03. The second-order valence-electron chi connectivity index (χ2n) is 3.92. The van der Waals surface area contributed by atoms with Crippen molar-refractivity contribution in [3.05, 3.63) is 11.6 Å². The number of hydrogen-bond acceptors (Lipinski definition) is 1. The molecule has 0 bridgehead atoms. The molecule has 0 aromatic heterocycles. The van der Waals surface area contributed by atoms with Crippen molar-refractivity contribution in [3.63, 3.8) is 0 Å². The van der Waals surface area contributed by atoms with Gasteiger partial charge in [0.2, 0.25) is 0 Å². The van der Waals surface area contributed by atoms with Crippen molar-refractivity contribution in [2.45, 2.75) is 58.3 Å². The molecule has 13 heavy (non-hydrogen) atoms. The van der Waals surface area contributed by atoms with Gasteiger partial charge in [0.1, 0.15) is 5.78 Å². The van der Waals surface area contributed by atoms with E-state index in [1.54, 1.807) is 0 Å². The molecule has 0 saturated heterocycles. The number of hydrogen-bond donors (Lipinski definition) is 0. The minimum Gasteiger partial charge on any atom is -0.299 e. The van der Waals surface area contributed by atoms with Gasteiger partial charge in [-0.05, 0) is 19.3 Å². The van der Waals surface area contributed by atoms with Gasteiger partial charge in [-0.25, -0.2) is 0 Å². The maximum Gasteiger partial charge on any atom is 0.136 e. The van der Waals surface area contributed by atoms with Crippen molar-refractivity contribution in [2.24, 2.45) is 0 Å². The first-order chi connectivity index (χ1) is 6.33. The summed E-state index contributed by atoms with van der Waals surface area (Å²) in [4.78, 5) is 10.9. The van der Waals surface area contributed by atoms with Crippen LogP contribution in [0.2, 0.25) is 0 Å². The first-order valence-corrected chi connectivity index (χ1v) is 5.52. The minimum absolute atomic E-state index is 0.414. The predicted molar refractivity (Wildman–Crippen MR) is 55.7 cm³/mol. The Balaban J connectivity index is 2.11. The Hall–Kier alpha value is -0.590. The van der Waals surface area contributed by atoms with E-state index in [4.69, 9.17) is 0 Å². The zero-order valence-electron chi connectivity index (χ0n) is 8.64. The Bertz CT molecular complexity index is 191. The maximum atomic E-state index is 10.9. The van der Waals surface area contributed by atoms with E-state index in [0.29, 0.717) is 12.2 Å². The summed E-state index contributed by atoms with van der Waals surface area (Å²) in [5.74, 6) is 0.414. The van der Waals surface area contributed by atoms with Crippen molar-refractivity contribution in [1.29, 1.82) is 0 Å². The highest BCUT2D eigenvalue weighted by Gasteiger charge is 2.09. The van der Waals surface area contributed by atoms with Crippen LogP contribution in [0.25, 0.3) is 0 Å². The number of carbonyl (C=O) groups is 1. The fourth-order valence-corrected chi connectivity index (χ4v) is 1.77. The van der Waals surface area contributed by atoms with Gasteiger partial charge in [0.25, 0.3) is 0 Å². The third-order valence-electron chi connectivity index (χ3n) is 2.69. The van der Waals surface area contributed by atoms with Crippen LogP contribution in [0.4, 0.5) is 0 Å². The van der Waals surface area contributed by atoms with Gasteiger partial charge in [0.05, 0.1) is 0 Å². The Morgan fingerprint density at radius 1 is 1.23 bits per heavy atom. The van der Waals surface area contributed by atoms with Crippen LogP contribution >= 0.6 is 0 Å². The molecule has 0 aliphatic heterocycles. The summed E-state index contributed by atoms with van der Waals surface area (Å²) in [5, 5.41) is 0. The second-order valence-corrected chi connectivity index (χ2v) is 3.92. The van der Waals surface area contributed by atoms with E-state index >= 15 is 0 Å². The first-order valence-electron chi connectivity index (χ1n) is 5.52. The van der Waals surface area contributed by atoms with Crippen LogP contribution in [-0.4, -0.2) is 5.78 Å². The number of carbonyl (C=O) groups excluding carboxylic acids is 1. The molecule has 1 aliphatic carbocycles. The summed E-state index contributed by atoms with van der Waals surface area (Å²) in [6.45, 7) is 2.23. The summed E-state index contributed by atoms with van der Waals surface area (Å²) in [7, 11) is 0. The van der Waals surface area contributed by atoms with Crippen LogP contribution < -0.4 is 0 Å². The third-order valence-corrected chi connectivity index (χ3v) is 2.69. The first kappa shape index (κ1) is 10.5. The van der Waals surface area contributed by atoms with Gasteiger partial charge in [0.15, 0.2) is 0 Å². The van der Waals surface area contributed by atoms with Crippen molar-refractivity contribution >= 4 is 5.78 Å². The molecule has 74 valence electrons. The molecule has 1 aliphatic rings. The molecule has 0 amide bonds. The van der Waals surface area contributed by atoms with Gasteiger partial charge < -0.3 is 0 Å². The number of rotatable bonds is 5. The zero-order chi connectivity index (χ0) is 9.52. The van der Waals surface area contributed by atoms with Crippen LogP contribution in [0.15, 0.2) is 11.6 Å². The molecule has 1 heteroatoms. The van der Waals surface area contributed by atoms with Gasteiger partial charge in [0, 0.05) is 12.8 Å². The standard InChI is InChI=1S/C12H20O/c1-2-3-4-5-6-11-7-9-12(13)10-8-11/h7H,2-6,8-10H2,1H3. The monoisotopic (exact) mass is 180 g/mol.